The molecule has 0 bridgehead atoms. The van der Waals surface area contributed by atoms with E-state index in [-0.39, 0.29) is 23.9 Å². The number of nitrogens with one attached hydrogen (secondary N) is 1. The molecule has 4 aromatic rings. The molecule has 1 aliphatic heterocycles. The summed E-state index contributed by atoms with van der Waals surface area (Å²) in [6, 6.07) is 12.8. The minimum absolute atomic E-state index is 0.126. The van der Waals surface area contributed by atoms with Gasteiger partial charge in [0.15, 0.2) is 10.8 Å². The number of aromatic nitrogens is 4. The third-order valence-corrected chi connectivity index (χ3v) is 6.87. The fraction of sp³-hybridized carbons (Fsp3) is 0.217. The molecular weight excluding hydrogens is 446 g/mol. The zero-order chi connectivity index (χ0) is 22.4. The molecule has 7 nitrogen and oxygen atoms in total. The van der Waals surface area contributed by atoms with Crippen LogP contribution in [0.1, 0.15) is 23.6 Å². The number of carbonyl (C=O) groups is 1. The van der Waals surface area contributed by atoms with Crippen LogP contribution < -0.4 is 10.9 Å². The monoisotopic (exact) mass is 465 g/mol. The lowest BCUT2D eigenvalue weighted by Gasteiger charge is -2.14. The summed E-state index contributed by atoms with van der Waals surface area (Å²) in [5, 5.41) is 8.98. The molecule has 3 heterocycles. The number of amides is 1. The van der Waals surface area contributed by atoms with Gasteiger partial charge in [0.1, 0.15) is 5.39 Å². The van der Waals surface area contributed by atoms with E-state index in [2.05, 4.69) is 10.4 Å². The number of fused-ring (bicyclic) bond motifs is 2. The van der Waals surface area contributed by atoms with Crippen molar-refractivity contribution in [2.45, 2.75) is 31.5 Å². The highest BCUT2D eigenvalue weighted by Gasteiger charge is 2.29. The zero-order valence-corrected chi connectivity index (χ0v) is 19.1. The predicted molar refractivity (Wildman–Crippen MR) is 127 cm³/mol. The van der Waals surface area contributed by atoms with Gasteiger partial charge in [0.25, 0.3) is 5.56 Å². The van der Waals surface area contributed by atoms with Gasteiger partial charge in [-0.15, -0.1) is 0 Å². The van der Waals surface area contributed by atoms with E-state index in [1.165, 1.54) is 18.0 Å². The molecule has 162 valence electrons. The van der Waals surface area contributed by atoms with Gasteiger partial charge in [-0.3, -0.25) is 14.2 Å². The van der Waals surface area contributed by atoms with E-state index in [1.807, 2.05) is 44.2 Å². The van der Waals surface area contributed by atoms with E-state index in [0.717, 1.165) is 22.5 Å². The lowest BCUT2D eigenvalue weighted by Crippen LogP contribution is -2.27. The molecule has 1 atom stereocenters. The van der Waals surface area contributed by atoms with Crippen LogP contribution in [0.25, 0.3) is 16.7 Å². The topological polar surface area (TPSA) is 81.8 Å². The molecule has 5 rings (SSSR count). The molecule has 0 radical (unpaired) electrons. The van der Waals surface area contributed by atoms with Crippen LogP contribution in [0.5, 0.6) is 0 Å². The molecule has 0 saturated carbocycles. The molecule has 0 saturated heterocycles. The molecule has 32 heavy (non-hydrogen) atoms. The number of anilines is 1. The highest BCUT2D eigenvalue weighted by atomic mass is 35.5. The molecule has 1 unspecified atom stereocenters. The van der Waals surface area contributed by atoms with E-state index in [0.29, 0.717) is 27.0 Å². The molecule has 2 aromatic heterocycles. The number of hydrogen-bond acceptors (Lipinski definition) is 5. The first-order chi connectivity index (χ1) is 15.4. The Morgan fingerprint density at radius 2 is 2.00 bits per heavy atom. The van der Waals surface area contributed by atoms with Crippen molar-refractivity contribution in [2.75, 3.05) is 11.1 Å². The summed E-state index contributed by atoms with van der Waals surface area (Å²) in [4.78, 5) is 30.7. The van der Waals surface area contributed by atoms with Crippen LogP contribution in [-0.2, 0) is 4.79 Å². The van der Waals surface area contributed by atoms with Crippen molar-refractivity contribution < 1.29 is 4.79 Å². The zero-order valence-electron chi connectivity index (χ0n) is 17.5. The van der Waals surface area contributed by atoms with Gasteiger partial charge >= 0.3 is 0 Å². The predicted octanol–water partition coefficient (Wildman–Crippen LogP) is 4.53. The van der Waals surface area contributed by atoms with Gasteiger partial charge in [0, 0.05) is 22.9 Å². The van der Waals surface area contributed by atoms with Crippen molar-refractivity contribution in [2.24, 2.45) is 0 Å². The maximum Gasteiger partial charge on any atom is 0.265 e. The van der Waals surface area contributed by atoms with Crippen LogP contribution in [0.2, 0.25) is 5.02 Å². The second kappa shape index (κ2) is 8.11. The van der Waals surface area contributed by atoms with Crippen molar-refractivity contribution in [3.63, 3.8) is 0 Å². The Bertz CT molecular complexity index is 1410. The van der Waals surface area contributed by atoms with E-state index < -0.39 is 0 Å². The fourth-order valence-corrected chi connectivity index (χ4v) is 5.18. The highest BCUT2D eigenvalue weighted by molar-refractivity contribution is 7.99. The van der Waals surface area contributed by atoms with E-state index in [4.69, 9.17) is 16.6 Å². The summed E-state index contributed by atoms with van der Waals surface area (Å²) in [7, 11) is 0. The van der Waals surface area contributed by atoms with Crippen molar-refractivity contribution in [3.05, 3.63) is 75.2 Å². The number of benzene rings is 2. The first-order valence-corrected chi connectivity index (χ1v) is 11.5. The first kappa shape index (κ1) is 20.8. The Kier molecular flexibility index (Phi) is 5.27. The largest absolute Gasteiger partial charge is 0.326 e. The van der Waals surface area contributed by atoms with Gasteiger partial charge in [-0.2, -0.15) is 5.10 Å². The molecule has 9 heteroatoms. The molecule has 2 aromatic carbocycles. The SMILES string of the molecule is Cc1ccc(NC(=O)CC2CSc3nc4c(cnn4-c4ccc(Cl)cc4)c(=O)n32)c(C)c1. The Labute approximate surface area is 193 Å². The third kappa shape index (κ3) is 3.69. The van der Waals surface area contributed by atoms with Crippen LogP contribution in [-0.4, -0.2) is 31.0 Å². The highest BCUT2D eigenvalue weighted by Crippen LogP contribution is 2.33. The average molecular weight is 466 g/mol. The second-order valence-electron chi connectivity index (χ2n) is 7.88. The number of nitrogens with zero attached hydrogens (tertiary/aromatic N) is 4. The number of rotatable bonds is 4. The average Bonchev–Trinajstić information content (AvgIpc) is 3.36. The number of aryl methyl sites for hydroxylation is 2. The van der Waals surface area contributed by atoms with E-state index in [9.17, 15) is 9.59 Å². The smallest absolute Gasteiger partial charge is 0.265 e. The van der Waals surface area contributed by atoms with Crippen LogP contribution in [0, 0.1) is 13.8 Å². The molecule has 1 N–H and O–H groups in total. The lowest BCUT2D eigenvalue weighted by molar-refractivity contribution is -0.116. The van der Waals surface area contributed by atoms with Gasteiger partial charge in [-0.25, -0.2) is 9.67 Å². The standard InChI is InChI=1S/C23H20ClN5O2S/c1-13-3-8-19(14(2)9-13)26-20(30)10-17-12-32-23-27-21-18(22(31)28(17)23)11-25-29(21)16-6-4-15(24)5-7-16/h3-9,11,17H,10,12H2,1-2H3,(H,26,30). The normalized spacial score (nSPS) is 15.2. The second-order valence-corrected chi connectivity index (χ2v) is 9.30. The number of carbonyl (C=O) groups excluding carboxylic acids is 1. The lowest BCUT2D eigenvalue weighted by atomic mass is 10.1. The number of thioether (sulfide) groups is 1. The van der Waals surface area contributed by atoms with Crippen LogP contribution in [0.15, 0.2) is 58.6 Å². The summed E-state index contributed by atoms with van der Waals surface area (Å²) in [5.74, 6) is 0.489. The summed E-state index contributed by atoms with van der Waals surface area (Å²) >= 11 is 7.46. The molecular formula is C23H20ClN5O2S. The maximum absolute atomic E-state index is 13.3. The van der Waals surface area contributed by atoms with E-state index >= 15 is 0 Å². The minimum Gasteiger partial charge on any atom is -0.326 e. The summed E-state index contributed by atoms with van der Waals surface area (Å²) < 4.78 is 3.26. The molecule has 0 spiro atoms. The molecule has 1 amide bonds. The molecule has 0 aliphatic carbocycles. The van der Waals surface area contributed by atoms with Gasteiger partial charge in [0.2, 0.25) is 5.91 Å². The Balaban J connectivity index is 1.44. The fourth-order valence-electron chi connectivity index (χ4n) is 3.92. The van der Waals surface area contributed by atoms with Crippen molar-refractivity contribution in [1.82, 2.24) is 19.3 Å². The van der Waals surface area contributed by atoms with Gasteiger partial charge in [-0.05, 0) is 49.7 Å². The third-order valence-electron chi connectivity index (χ3n) is 5.52. The minimum atomic E-state index is -0.260. The van der Waals surface area contributed by atoms with Crippen LogP contribution >= 0.6 is 23.4 Å². The van der Waals surface area contributed by atoms with E-state index in [1.54, 1.807) is 21.4 Å². The van der Waals surface area contributed by atoms with Crippen molar-refractivity contribution in [1.29, 1.82) is 0 Å². The Hall–Kier alpha value is -3.10. The van der Waals surface area contributed by atoms with Crippen molar-refractivity contribution >= 4 is 46.0 Å². The Morgan fingerprint density at radius 3 is 2.75 bits per heavy atom. The first-order valence-electron chi connectivity index (χ1n) is 10.2. The summed E-state index contributed by atoms with van der Waals surface area (Å²) in [6.45, 7) is 3.98. The number of halogens is 1. The van der Waals surface area contributed by atoms with Gasteiger partial charge < -0.3 is 5.32 Å². The summed E-state index contributed by atoms with van der Waals surface area (Å²) in [5.41, 5.74) is 4.03. The van der Waals surface area contributed by atoms with Gasteiger partial charge in [-0.1, -0.05) is 41.1 Å². The molecule has 1 aliphatic rings. The molecule has 0 fully saturated rings. The van der Waals surface area contributed by atoms with Crippen LogP contribution in [0.4, 0.5) is 5.69 Å². The summed E-state index contributed by atoms with van der Waals surface area (Å²) in [6.07, 6.45) is 1.73. The van der Waals surface area contributed by atoms with Gasteiger partial charge in [0.05, 0.1) is 17.9 Å². The van der Waals surface area contributed by atoms with Crippen molar-refractivity contribution in [3.8, 4) is 5.69 Å². The maximum atomic E-state index is 13.3. The Morgan fingerprint density at radius 1 is 1.22 bits per heavy atom. The quantitative estimate of drug-likeness (QED) is 0.448. The number of hydrogen-bond donors (Lipinski definition) is 1. The van der Waals surface area contributed by atoms with Crippen LogP contribution in [0.3, 0.4) is 0 Å².